The van der Waals surface area contributed by atoms with Crippen molar-refractivity contribution in [2.75, 3.05) is 27.4 Å². The SMILES string of the molecule is COc1ccc(Cn2c3c(c(C(O)OC)cc2=O)CCOCC3)cc1. The van der Waals surface area contributed by atoms with Crippen molar-refractivity contribution in [1.82, 2.24) is 4.57 Å². The summed E-state index contributed by atoms with van der Waals surface area (Å²) in [5.74, 6) is 0.780. The van der Waals surface area contributed by atoms with E-state index < -0.39 is 6.29 Å². The van der Waals surface area contributed by atoms with Crippen LogP contribution in [-0.2, 0) is 28.9 Å². The highest BCUT2D eigenvalue weighted by atomic mass is 16.6. The van der Waals surface area contributed by atoms with Crippen LogP contribution >= 0.6 is 0 Å². The molecule has 2 heterocycles. The van der Waals surface area contributed by atoms with E-state index in [-0.39, 0.29) is 5.56 Å². The summed E-state index contributed by atoms with van der Waals surface area (Å²) in [6, 6.07) is 9.13. The number of aliphatic hydroxyl groups excluding tert-OH is 1. The van der Waals surface area contributed by atoms with Gasteiger partial charge in [0.25, 0.3) is 5.56 Å². The van der Waals surface area contributed by atoms with E-state index in [1.54, 1.807) is 11.7 Å². The van der Waals surface area contributed by atoms with E-state index in [2.05, 4.69) is 0 Å². The summed E-state index contributed by atoms with van der Waals surface area (Å²) in [5.41, 5.74) is 3.25. The second-order valence-corrected chi connectivity index (χ2v) is 6.00. The summed E-state index contributed by atoms with van der Waals surface area (Å²) in [5, 5.41) is 10.1. The van der Waals surface area contributed by atoms with Gasteiger partial charge >= 0.3 is 0 Å². The van der Waals surface area contributed by atoms with Crippen LogP contribution in [-0.4, -0.2) is 37.1 Å². The van der Waals surface area contributed by atoms with Gasteiger partial charge in [-0.25, -0.2) is 0 Å². The number of aliphatic hydroxyl groups is 1. The van der Waals surface area contributed by atoms with Gasteiger partial charge in [-0.2, -0.15) is 0 Å². The molecule has 0 aliphatic carbocycles. The van der Waals surface area contributed by atoms with Gasteiger partial charge in [-0.15, -0.1) is 0 Å². The van der Waals surface area contributed by atoms with Gasteiger partial charge in [0.1, 0.15) is 5.75 Å². The Morgan fingerprint density at radius 3 is 2.60 bits per heavy atom. The standard InChI is InChI=1S/C19H23NO5/c1-23-14-5-3-13(4-6-14)12-20-17-8-10-25-9-7-15(17)16(11-18(20)21)19(22)24-2/h3-6,11,19,22H,7-10,12H2,1-2H3. The molecule has 0 amide bonds. The fourth-order valence-corrected chi connectivity index (χ4v) is 3.21. The first-order chi connectivity index (χ1) is 12.1. The first-order valence-corrected chi connectivity index (χ1v) is 8.31. The summed E-state index contributed by atoms with van der Waals surface area (Å²) in [7, 11) is 3.05. The summed E-state index contributed by atoms with van der Waals surface area (Å²) in [6.07, 6.45) is 0.175. The van der Waals surface area contributed by atoms with Gasteiger partial charge in [0.2, 0.25) is 0 Å². The molecule has 25 heavy (non-hydrogen) atoms. The Kier molecular flexibility index (Phi) is 5.53. The van der Waals surface area contributed by atoms with E-state index in [4.69, 9.17) is 14.2 Å². The molecule has 1 aliphatic rings. The lowest BCUT2D eigenvalue weighted by Gasteiger charge is -2.20. The quantitative estimate of drug-likeness (QED) is 0.835. The average Bonchev–Trinajstić information content (AvgIpc) is 2.89. The third-order valence-corrected chi connectivity index (χ3v) is 4.54. The molecule has 0 saturated carbocycles. The van der Waals surface area contributed by atoms with E-state index in [1.165, 1.54) is 13.2 Å². The van der Waals surface area contributed by atoms with Gasteiger partial charge in [-0.1, -0.05) is 12.1 Å². The summed E-state index contributed by atoms with van der Waals surface area (Å²) in [4.78, 5) is 12.7. The average molecular weight is 345 g/mol. The molecule has 0 radical (unpaired) electrons. The van der Waals surface area contributed by atoms with Gasteiger partial charge in [0.05, 0.1) is 26.9 Å². The Labute approximate surface area is 146 Å². The normalized spacial score (nSPS) is 15.3. The van der Waals surface area contributed by atoms with Crippen molar-refractivity contribution in [3.05, 3.63) is 63.1 Å². The number of rotatable bonds is 5. The molecule has 6 heteroatoms. The topological polar surface area (TPSA) is 69.9 Å². The molecule has 0 bridgehead atoms. The van der Waals surface area contributed by atoms with Crippen LogP contribution < -0.4 is 10.3 Å². The molecule has 2 aromatic rings. The summed E-state index contributed by atoms with van der Waals surface area (Å²) < 4.78 is 17.5. The number of pyridine rings is 1. The van der Waals surface area contributed by atoms with Gasteiger partial charge in [-0.05, 0) is 29.7 Å². The fraction of sp³-hybridized carbons (Fsp3) is 0.421. The van der Waals surface area contributed by atoms with E-state index in [0.29, 0.717) is 38.2 Å². The Hall–Kier alpha value is -2.15. The van der Waals surface area contributed by atoms with E-state index >= 15 is 0 Å². The minimum absolute atomic E-state index is 0.150. The Balaban J connectivity index is 2.04. The third-order valence-electron chi connectivity index (χ3n) is 4.54. The number of nitrogens with zero attached hydrogens (tertiary/aromatic N) is 1. The molecule has 1 aromatic carbocycles. The molecule has 1 atom stereocenters. The lowest BCUT2D eigenvalue weighted by molar-refractivity contribution is -0.0777. The van der Waals surface area contributed by atoms with Crippen LogP contribution in [0.4, 0.5) is 0 Å². The Morgan fingerprint density at radius 1 is 1.20 bits per heavy atom. The zero-order valence-electron chi connectivity index (χ0n) is 14.5. The molecule has 0 saturated heterocycles. The van der Waals surface area contributed by atoms with E-state index in [9.17, 15) is 9.90 Å². The van der Waals surface area contributed by atoms with Crippen LogP contribution in [0.25, 0.3) is 0 Å². The van der Waals surface area contributed by atoms with Crippen LogP contribution in [0.1, 0.15) is 28.7 Å². The van der Waals surface area contributed by atoms with Crippen molar-refractivity contribution >= 4 is 0 Å². The van der Waals surface area contributed by atoms with Gasteiger partial charge in [0.15, 0.2) is 6.29 Å². The van der Waals surface area contributed by atoms with Crippen molar-refractivity contribution in [1.29, 1.82) is 0 Å². The number of hydrogen-bond acceptors (Lipinski definition) is 5. The highest BCUT2D eigenvalue weighted by Gasteiger charge is 2.22. The summed E-state index contributed by atoms with van der Waals surface area (Å²) in [6.45, 7) is 1.59. The molecule has 1 N–H and O–H groups in total. The first-order valence-electron chi connectivity index (χ1n) is 8.31. The minimum atomic E-state index is -1.10. The number of benzene rings is 1. The summed E-state index contributed by atoms with van der Waals surface area (Å²) >= 11 is 0. The van der Waals surface area contributed by atoms with Crippen molar-refractivity contribution < 1.29 is 19.3 Å². The number of fused-ring (bicyclic) bond motifs is 1. The maximum atomic E-state index is 12.7. The second-order valence-electron chi connectivity index (χ2n) is 6.00. The fourth-order valence-electron chi connectivity index (χ4n) is 3.21. The molecule has 0 fully saturated rings. The molecular formula is C19H23NO5. The van der Waals surface area contributed by atoms with Gasteiger partial charge in [0, 0.05) is 30.9 Å². The van der Waals surface area contributed by atoms with Crippen LogP contribution in [0.3, 0.4) is 0 Å². The Bertz CT molecular complexity index is 782. The molecule has 1 aromatic heterocycles. The van der Waals surface area contributed by atoms with E-state index in [1.807, 2.05) is 24.3 Å². The monoisotopic (exact) mass is 345 g/mol. The minimum Gasteiger partial charge on any atom is -0.497 e. The van der Waals surface area contributed by atoms with Gasteiger partial charge in [-0.3, -0.25) is 4.79 Å². The zero-order valence-corrected chi connectivity index (χ0v) is 14.5. The smallest absolute Gasteiger partial charge is 0.251 e. The maximum Gasteiger partial charge on any atom is 0.251 e. The molecule has 134 valence electrons. The largest absolute Gasteiger partial charge is 0.497 e. The third kappa shape index (κ3) is 3.76. The lowest BCUT2D eigenvalue weighted by atomic mass is 10.0. The number of ether oxygens (including phenoxy) is 3. The number of hydrogen-bond donors (Lipinski definition) is 1. The van der Waals surface area contributed by atoms with Crippen LogP contribution in [0.5, 0.6) is 5.75 Å². The predicted molar refractivity (Wildman–Crippen MR) is 93.0 cm³/mol. The van der Waals surface area contributed by atoms with E-state index in [0.717, 1.165) is 22.6 Å². The van der Waals surface area contributed by atoms with Crippen molar-refractivity contribution in [2.24, 2.45) is 0 Å². The highest BCUT2D eigenvalue weighted by Crippen LogP contribution is 2.24. The molecule has 1 aliphatic heterocycles. The van der Waals surface area contributed by atoms with Gasteiger partial charge < -0.3 is 23.9 Å². The van der Waals surface area contributed by atoms with Crippen molar-refractivity contribution in [3.8, 4) is 5.75 Å². The number of aromatic nitrogens is 1. The van der Waals surface area contributed by atoms with Crippen molar-refractivity contribution in [2.45, 2.75) is 25.7 Å². The molecule has 1 unspecified atom stereocenters. The number of methoxy groups -OCH3 is 2. The molecule has 6 nitrogen and oxygen atoms in total. The lowest BCUT2D eigenvalue weighted by Crippen LogP contribution is -2.28. The van der Waals surface area contributed by atoms with Crippen LogP contribution in [0.15, 0.2) is 35.1 Å². The highest BCUT2D eigenvalue weighted by molar-refractivity contribution is 5.35. The van der Waals surface area contributed by atoms with Crippen LogP contribution in [0.2, 0.25) is 0 Å². The first kappa shape index (κ1) is 17.7. The molecule has 3 rings (SSSR count). The molecule has 0 spiro atoms. The maximum absolute atomic E-state index is 12.7. The second kappa shape index (κ2) is 7.82. The Morgan fingerprint density at radius 2 is 1.92 bits per heavy atom. The van der Waals surface area contributed by atoms with Crippen molar-refractivity contribution in [3.63, 3.8) is 0 Å². The molecular weight excluding hydrogens is 322 g/mol. The predicted octanol–water partition coefficient (Wildman–Crippen LogP) is 1.66. The van der Waals surface area contributed by atoms with Crippen LogP contribution in [0, 0.1) is 0 Å². The zero-order chi connectivity index (χ0) is 17.8.